The third-order valence-electron chi connectivity index (χ3n) is 6.01. The highest BCUT2D eigenvalue weighted by atomic mass is 16.6. The zero-order chi connectivity index (χ0) is 24.2. The number of hydrogen-bond donors (Lipinski definition) is 2. The second kappa shape index (κ2) is 9.64. The SMILES string of the molecule is O=C(NNc1ncnc(N2CCN(c3ccccc3)CC2)c1[N+](=O)[O-])c1cccc2ccccc12. The van der Waals surface area contributed by atoms with Crippen LogP contribution in [0.5, 0.6) is 0 Å². The molecule has 1 aliphatic rings. The third-order valence-corrected chi connectivity index (χ3v) is 6.01. The lowest BCUT2D eigenvalue weighted by atomic mass is 10.0. The number of fused-ring (bicyclic) bond motifs is 1. The van der Waals surface area contributed by atoms with Crippen LogP contribution >= 0.6 is 0 Å². The van der Waals surface area contributed by atoms with Crippen LogP contribution in [0.3, 0.4) is 0 Å². The Balaban J connectivity index is 1.33. The smallest absolute Gasteiger partial charge is 0.355 e. The molecule has 3 aromatic carbocycles. The first kappa shape index (κ1) is 22.1. The van der Waals surface area contributed by atoms with Gasteiger partial charge in [-0.1, -0.05) is 54.6 Å². The maximum atomic E-state index is 12.9. The van der Waals surface area contributed by atoms with Crippen LogP contribution in [-0.4, -0.2) is 47.0 Å². The number of hydrazine groups is 1. The van der Waals surface area contributed by atoms with E-state index in [0.717, 1.165) is 16.5 Å². The largest absolute Gasteiger partial charge is 0.368 e. The number of carbonyl (C=O) groups is 1. The highest BCUT2D eigenvalue weighted by Gasteiger charge is 2.29. The number of carbonyl (C=O) groups excluding carboxylic acids is 1. The third kappa shape index (κ3) is 4.54. The summed E-state index contributed by atoms with van der Waals surface area (Å²) in [5.41, 5.74) is 6.48. The molecular formula is C25H23N7O3. The molecule has 0 atom stereocenters. The van der Waals surface area contributed by atoms with Crippen molar-refractivity contribution >= 4 is 39.7 Å². The molecule has 35 heavy (non-hydrogen) atoms. The Morgan fingerprint density at radius 3 is 2.31 bits per heavy atom. The van der Waals surface area contributed by atoms with Crippen LogP contribution in [-0.2, 0) is 0 Å². The fourth-order valence-corrected chi connectivity index (χ4v) is 4.28. The lowest BCUT2D eigenvalue weighted by Gasteiger charge is -2.36. The van der Waals surface area contributed by atoms with Crippen LogP contribution in [0.15, 0.2) is 79.1 Å². The maximum absolute atomic E-state index is 12.9. The topological polar surface area (TPSA) is 117 Å². The lowest BCUT2D eigenvalue weighted by Crippen LogP contribution is -2.47. The number of piperazine rings is 1. The van der Waals surface area contributed by atoms with Crippen molar-refractivity contribution in [2.75, 3.05) is 41.4 Å². The Labute approximate surface area is 201 Å². The average Bonchev–Trinajstić information content (AvgIpc) is 2.91. The predicted molar refractivity (Wildman–Crippen MR) is 135 cm³/mol. The summed E-state index contributed by atoms with van der Waals surface area (Å²) in [5.74, 6) is -0.272. The van der Waals surface area contributed by atoms with Gasteiger partial charge in [0, 0.05) is 37.4 Å². The summed E-state index contributed by atoms with van der Waals surface area (Å²) in [6, 6.07) is 23.0. The number of nitrogens with one attached hydrogen (secondary N) is 2. The van der Waals surface area contributed by atoms with E-state index in [-0.39, 0.29) is 17.3 Å². The molecular weight excluding hydrogens is 446 g/mol. The number of amides is 1. The van der Waals surface area contributed by atoms with E-state index in [1.54, 1.807) is 12.1 Å². The molecule has 4 aromatic rings. The molecule has 10 nitrogen and oxygen atoms in total. The van der Waals surface area contributed by atoms with Gasteiger partial charge in [0.1, 0.15) is 6.33 Å². The molecule has 0 aliphatic carbocycles. The van der Waals surface area contributed by atoms with Crippen LogP contribution in [0.2, 0.25) is 0 Å². The van der Waals surface area contributed by atoms with Crippen LogP contribution in [0, 0.1) is 10.1 Å². The number of para-hydroxylation sites is 1. The van der Waals surface area contributed by atoms with Crippen molar-refractivity contribution in [2.24, 2.45) is 0 Å². The molecule has 1 amide bonds. The van der Waals surface area contributed by atoms with E-state index in [0.29, 0.717) is 31.7 Å². The molecule has 1 saturated heterocycles. The van der Waals surface area contributed by atoms with E-state index in [1.807, 2.05) is 65.6 Å². The number of anilines is 3. The van der Waals surface area contributed by atoms with E-state index in [4.69, 9.17) is 0 Å². The molecule has 1 aromatic heterocycles. The van der Waals surface area contributed by atoms with Crippen molar-refractivity contribution in [1.29, 1.82) is 0 Å². The second-order valence-corrected chi connectivity index (χ2v) is 8.07. The van der Waals surface area contributed by atoms with E-state index in [9.17, 15) is 14.9 Å². The highest BCUT2D eigenvalue weighted by Crippen LogP contribution is 2.32. The van der Waals surface area contributed by atoms with Crippen molar-refractivity contribution in [2.45, 2.75) is 0 Å². The van der Waals surface area contributed by atoms with Gasteiger partial charge in [-0.25, -0.2) is 9.97 Å². The predicted octanol–water partition coefficient (Wildman–Crippen LogP) is 3.62. The molecule has 0 unspecified atom stereocenters. The minimum Gasteiger partial charge on any atom is -0.368 e. The molecule has 10 heteroatoms. The Morgan fingerprint density at radius 1 is 0.857 bits per heavy atom. The first-order chi connectivity index (χ1) is 17.1. The van der Waals surface area contributed by atoms with Gasteiger partial charge in [0.15, 0.2) is 0 Å². The van der Waals surface area contributed by atoms with Crippen molar-refractivity contribution < 1.29 is 9.72 Å². The summed E-state index contributed by atoms with van der Waals surface area (Å²) < 4.78 is 0. The fourth-order valence-electron chi connectivity index (χ4n) is 4.28. The number of rotatable bonds is 6. The standard InChI is InChI=1S/C25H23N7O3/c33-25(21-12-6-8-18-7-4-5-11-20(18)21)29-28-23-22(32(34)35)24(27-17-26-23)31-15-13-30(14-16-31)19-9-2-1-3-10-19/h1-12,17H,13-16H2,(H,29,33)(H,26,27,28). The minimum absolute atomic E-state index is 0.0703. The first-order valence-electron chi connectivity index (χ1n) is 11.2. The lowest BCUT2D eigenvalue weighted by molar-refractivity contribution is -0.383. The van der Waals surface area contributed by atoms with Gasteiger partial charge in [-0.2, -0.15) is 0 Å². The van der Waals surface area contributed by atoms with E-state index in [2.05, 4.69) is 25.7 Å². The summed E-state index contributed by atoms with van der Waals surface area (Å²) in [6.07, 6.45) is 1.26. The van der Waals surface area contributed by atoms with Gasteiger partial charge in [0.25, 0.3) is 5.91 Å². The average molecular weight is 470 g/mol. The first-order valence-corrected chi connectivity index (χ1v) is 11.2. The summed E-state index contributed by atoms with van der Waals surface area (Å²) in [6.45, 7) is 2.53. The number of aromatic nitrogens is 2. The number of nitro groups is 1. The van der Waals surface area contributed by atoms with Crippen molar-refractivity contribution in [3.63, 3.8) is 0 Å². The second-order valence-electron chi connectivity index (χ2n) is 8.07. The van der Waals surface area contributed by atoms with Crippen molar-refractivity contribution in [3.8, 4) is 0 Å². The van der Waals surface area contributed by atoms with Gasteiger partial charge in [-0.3, -0.25) is 25.8 Å². The van der Waals surface area contributed by atoms with Crippen molar-refractivity contribution in [3.05, 3.63) is 94.8 Å². The van der Waals surface area contributed by atoms with Gasteiger partial charge in [-0.15, -0.1) is 0 Å². The number of benzene rings is 3. The molecule has 0 bridgehead atoms. The van der Waals surface area contributed by atoms with E-state index in [1.165, 1.54) is 6.33 Å². The summed E-state index contributed by atoms with van der Waals surface area (Å²) in [4.78, 5) is 36.7. The molecule has 1 fully saturated rings. The van der Waals surface area contributed by atoms with Gasteiger partial charge < -0.3 is 9.80 Å². The summed E-state index contributed by atoms with van der Waals surface area (Å²) >= 11 is 0. The molecule has 2 N–H and O–H groups in total. The quantitative estimate of drug-likeness (QED) is 0.325. The van der Waals surface area contributed by atoms with Crippen LogP contribution < -0.4 is 20.7 Å². The van der Waals surface area contributed by atoms with Gasteiger partial charge in [-0.05, 0) is 29.0 Å². The van der Waals surface area contributed by atoms with E-state index < -0.39 is 10.8 Å². The van der Waals surface area contributed by atoms with Gasteiger partial charge >= 0.3 is 5.69 Å². The van der Waals surface area contributed by atoms with E-state index >= 15 is 0 Å². The summed E-state index contributed by atoms with van der Waals surface area (Å²) in [7, 11) is 0. The van der Waals surface area contributed by atoms with Crippen LogP contribution in [0.4, 0.5) is 23.0 Å². The molecule has 2 heterocycles. The van der Waals surface area contributed by atoms with Crippen LogP contribution in [0.25, 0.3) is 10.8 Å². The minimum atomic E-state index is -0.523. The molecule has 176 valence electrons. The van der Waals surface area contributed by atoms with Crippen LogP contribution in [0.1, 0.15) is 10.4 Å². The zero-order valence-electron chi connectivity index (χ0n) is 18.8. The molecule has 0 saturated carbocycles. The maximum Gasteiger partial charge on any atom is 0.355 e. The summed E-state index contributed by atoms with van der Waals surface area (Å²) in [5, 5.41) is 13.7. The number of hydrogen-bond acceptors (Lipinski definition) is 8. The Bertz CT molecular complexity index is 1370. The molecule has 0 radical (unpaired) electrons. The Morgan fingerprint density at radius 2 is 1.54 bits per heavy atom. The molecule has 1 aliphatic heterocycles. The molecule has 5 rings (SSSR count). The van der Waals surface area contributed by atoms with Gasteiger partial charge in [0.2, 0.25) is 11.6 Å². The zero-order valence-corrected chi connectivity index (χ0v) is 18.8. The Hall–Kier alpha value is -4.73. The number of nitrogens with zero attached hydrogens (tertiary/aromatic N) is 5. The van der Waals surface area contributed by atoms with Gasteiger partial charge in [0.05, 0.1) is 4.92 Å². The Kier molecular flexibility index (Phi) is 6.08. The highest BCUT2D eigenvalue weighted by molar-refractivity contribution is 6.07. The van der Waals surface area contributed by atoms with Crippen molar-refractivity contribution in [1.82, 2.24) is 15.4 Å². The normalized spacial score (nSPS) is 13.5. The fraction of sp³-hybridized carbons (Fsp3) is 0.160. The molecule has 0 spiro atoms. The monoisotopic (exact) mass is 469 g/mol.